The average molecular weight is 253 g/mol. The molecule has 0 amide bonds. The Kier molecular flexibility index (Phi) is 5.38. The van der Waals surface area contributed by atoms with Gasteiger partial charge in [0.15, 0.2) is 0 Å². The standard InChI is InChI=1S/C12H19N3O3/c1-15(5-4-6-17-2)11-7-9(12(16)18-3)10(13)8-14-11/h7-8H,4-6,13H2,1-3H3. The summed E-state index contributed by atoms with van der Waals surface area (Å²) in [7, 11) is 4.89. The minimum Gasteiger partial charge on any atom is -0.465 e. The van der Waals surface area contributed by atoms with Crippen LogP contribution in [0.2, 0.25) is 0 Å². The largest absolute Gasteiger partial charge is 0.465 e. The van der Waals surface area contributed by atoms with Crippen LogP contribution in [0.1, 0.15) is 16.8 Å². The molecule has 0 aliphatic heterocycles. The third-order valence-electron chi connectivity index (χ3n) is 2.56. The second-order valence-electron chi connectivity index (χ2n) is 3.89. The van der Waals surface area contributed by atoms with E-state index in [1.54, 1.807) is 13.2 Å². The number of methoxy groups -OCH3 is 2. The molecule has 1 heterocycles. The van der Waals surface area contributed by atoms with Gasteiger partial charge in [-0.05, 0) is 12.5 Å². The van der Waals surface area contributed by atoms with E-state index in [2.05, 4.69) is 9.72 Å². The third kappa shape index (κ3) is 3.59. The zero-order valence-corrected chi connectivity index (χ0v) is 11.0. The van der Waals surface area contributed by atoms with E-state index >= 15 is 0 Å². The summed E-state index contributed by atoms with van der Waals surface area (Å²) in [5.41, 5.74) is 6.34. The van der Waals surface area contributed by atoms with Crippen LogP contribution in [0.3, 0.4) is 0 Å². The average Bonchev–Trinajstić information content (AvgIpc) is 2.38. The Morgan fingerprint density at radius 1 is 1.50 bits per heavy atom. The van der Waals surface area contributed by atoms with E-state index in [4.69, 9.17) is 10.5 Å². The van der Waals surface area contributed by atoms with E-state index in [0.29, 0.717) is 23.7 Å². The molecule has 0 aromatic carbocycles. The van der Waals surface area contributed by atoms with Crippen LogP contribution < -0.4 is 10.6 Å². The topological polar surface area (TPSA) is 77.7 Å². The molecule has 0 unspecified atom stereocenters. The van der Waals surface area contributed by atoms with Crippen LogP contribution in [-0.2, 0) is 9.47 Å². The van der Waals surface area contributed by atoms with Gasteiger partial charge in [0.2, 0.25) is 0 Å². The van der Waals surface area contributed by atoms with Crippen LogP contribution in [0.25, 0.3) is 0 Å². The minimum atomic E-state index is -0.457. The lowest BCUT2D eigenvalue weighted by atomic mass is 10.2. The van der Waals surface area contributed by atoms with Gasteiger partial charge in [0, 0.05) is 27.3 Å². The third-order valence-corrected chi connectivity index (χ3v) is 2.56. The number of nitrogens with two attached hydrogens (primary N) is 1. The lowest BCUT2D eigenvalue weighted by Crippen LogP contribution is -2.21. The highest BCUT2D eigenvalue weighted by Crippen LogP contribution is 2.18. The first-order valence-electron chi connectivity index (χ1n) is 5.64. The molecule has 1 rings (SSSR count). The molecule has 0 spiro atoms. The molecule has 1 aromatic rings. The lowest BCUT2D eigenvalue weighted by molar-refractivity contribution is 0.0602. The van der Waals surface area contributed by atoms with Crippen molar-refractivity contribution < 1.29 is 14.3 Å². The highest BCUT2D eigenvalue weighted by atomic mass is 16.5. The van der Waals surface area contributed by atoms with Crippen LogP contribution >= 0.6 is 0 Å². The van der Waals surface area contributed by atoms with Gasteiger partial charge in [0.25, 0.3) is 0 Å². The Balaban J connectivity index is 2.80. The van der Waals surface area contributed by atoms with E-state index < -0.39 is 5.97 Å². The van der Waals surface area contributed by atoms with Gasteiger partial charge in [-0.3, -0.25) is 0 Å². The quantitative estimate of drug-likeness (QED) is 0.600. The van der Waals surface area contributed by atoms with Gasteiger partial charge in [-0.25, -0.2) is 9.78 Å². The molecular weight excluding hydrogens is 234 g/mol. The Labute approximate surface area is 107 Å². The van der Waals surface area contributed by atoms with Crippen molar-refractivity contribution in [3.8, 4) is 0 Å². The normalized spacial score (nSPS) is 10.2. The molecule has 0 atom stereocenters. The summed E-state index contributed by atoms with van der Waals surface area (Å²) in [6.45, 7) is 1.47. The summed E-state index contributed by atoms with van der Waals surface area (Å²) in [6, 6.07) is 1.63. The molecule has 6 nitrogen and oxygen atoms in total. The molecule has 0 radical (unpaired) electrons. The number of aromatic nitrogens is 1. The number of hydrogen-bond acceptors (Lipinski definition) is 6. The number of anilines is 2. The van der Waals surface area contributed by atoms with Crippen molar-refractivity contribution in [2.45, 2.75) is 6.42 Å². The highest BCUT2D eigenvalue weighted by molar-refractivity contribution is 5.95. The summed E-state index contributed by atoms with van der Waals surface area (Å²) >= 11 is 0. The van der Waals surface area contributed by atoms with E-state index in [0.717, 1.165) is 13.0 Å². The molecule has 6 heteroatoms. The van der Waals surface area contributed by atoms with E-state index in [-0.39, 0.29) is 0 Å². The molecule has 1 aromatic heterocycles. The van der Waals surface area contributed by atoms with Crippen LogP contribution in [0.5, 0.6) is 0 Å². The maximum atomic E-state index is 11.5. The van der Waals surface area contributed by atoms with Crippen molar-refractivity contribution in [3.63, 3.8) is 0 Å². The predicted octanol–water partition coefficient (Wildman–Crippen LogP) is 0.923. The van der Waals surface area contributed by atoms with Crippen LogP contribution in [0.15, 0.2) is 12.3 Å². The molecule has 2 N–H and O–H groups in total. The van der Waals surface area contributed by atoms with Crippen molar-refractivity contribution in [1.29, 1.82) is 0 Å². The zero-order valence-electron chi connectivity index (χ0n) is 11.0. The number of rotatable bonds is 6. The number of carbonyl (C=O) groups is 1. The van der Waals surface area contributed by atoms with Crippen molar-refractivity contribution in [2.75, 3.05) is 45.1 Å². The first-order chi connectivity index (χ1) is 8.60. The van der Waals surface area contributed by atoms with Gasteiger partial charge in [-0.1, -0.05) is 0 Å². The smallest absolute Gasteiger partial charge is 0.340 e. The predicted molar refractivity (Wildman–Crippen MR) is 69.8 cm³/mol. The molecule has 0 saturated carbocycles. The number of carbonyl (C=O) groups excluding carboxylic acids is 1. The van der Waals surface area contributed by atoms with Crippen molar-refractivity contribution in [1.82, 2.24) is 4.98 Å². The number of nitrogens with zero attached hydrogens (tertiary/aromatic N) is 2. The minimum absolute atomic E-state index is 0.316. The zero-order chi connectivity index (χ0) is 13.5. The maximum Gasteiger partial charge on any atom is 0.340 e. The van der Waals surface area contributed by atoms with Crippen molar-refractivity contribution in [3.05, 3.63) is 17.8 Å². The molecule has 0 saturated heterocycles. The second kappa shape index (κ2) is 6.80. The lowest BCUT2D eigenvalue weighted by Gasteiger charge is -2.18. The summed E-state index contributed by atoms with van der Waals surface area (Å²) in [5.74, 6) is 0.224. The Morgan fingerprint density at radius 3 is 2.83 bits per heavy atom. The number of esters is 1. The molecule has 18 heavy (non-hydrogen) atoms. The summed E-state index contributed by atoms with van der Waals surface area (Å²) in [5, 5.41) is 0. The fourth-order valence-electron chi connectivity index (χ4n) is 1.51. The molecular formula is C12H19N3O3. The molecule has 0 bridgehead atoms. The fourth-order valence-corrected chi connectivity index (χ4v) is 1.51. The first kappa shape index (κ1) is 14.2. The molecule has 0 fully saturated rings. The van der Waals surface area contributed by atoms with Crippen molar-refractivity contribution in [2.24, 2.45) is 0 Å². The van der Waals surface area contributed by atoms with Gasteiger partial charge in [0.05, 0.1) is 24.6 Å². The van der Waals surface area contributed by atoms with E-state index in [9.17, 15) is 4.79 Å². The number of ether oxygens (including phenoxy) is 2. The highest BCUT2D eigenvalue weighted by Gasteiger charge is 2.13. The van der Waals surface area contributed by atoms with Gasteiger partial charge < -0.3 is 20.1 Å². The van der Waals surface area contributed by atoms with Gasteiger partial charge in [-0.2, -0.15) is 0 Å². The Hall–Kier alpha value is -1.82. The van der Waals surface area contributed by atoms with E-state index in [1.807, 2.05) is 11.9 Å². The van der Waals surface area contributed by atoms with Crippen LogP contribution in [-0.4, -0.2) is 45.4 Å². The molecule has 100 valence electrons. The molecule has 0 aliphatic rings. The monoisotopic (exact) mass is 253 g/mol. The fraction of sp³-hybridized carbons (Fsp3) is 0.500. The number of hydrogen-bond donors (Lipinski definition) is 1. The summed E-state index contributed by atoms with van der Waals surface area (Å²) < 4.78 is 9.65. The SMILES string of the molecule is COCCCN(C)c1cc(C(=O)OC)c(N)cn1. The summed E-state index contributed by atoms with van der Waals surface area (Å²) in [4.78, 5) is 17.6. The van der Waals surface area contributed by atoms with Gasteiger partial charge >= 0.3 is 5.97 Å². The van der Waals surface area contributed by atoms with Crippen LogP contribution in [0.4, 0.5) is 11.5 Å². The van der Waals surface area contributed by atoms with E-state index in [1.165, 1.54) is 13.3 Å². The Bertz CT molecular complexity index is 410. The van der Waals surface area contributed by atoms with Gasteiger partial charge in [-0.15, -0.1) is 0 Å². The van der Waals surface area contributed by atoms with Crippen molar-refractivity contribution >= 4 is 17.5 Å². The Morgan fingerprint density at radius 2 is 2.22 bits per heavy atom. The van der Waals surface area contributed by atoms with Gasteiger partial charge in [0.1, 0.15) is 5.82 Å². The maximum absolute atomic E-state index is 11.5. The molecule has 0 aliphatic carbocycles. The number of nitrogen functional groups attached to an aromatic ring is 1. The number of pyridine rings is 1. The second-order valence-corrected chi connectivity index (χ2v) is 3.89. The summed E-state index contributed by atoms with van der Waals surface area (Å²) in [6.07, 6.45) is 2.35. The van der Waals surface area contributed by atoms with Crippen LogP contribution in [0, 0.1) is 0 Å². The first-order valence-corrected chi connectivity index (χ1v) is 5.64.